The Bertz CT molecular complexity index is 1120. The van der Waals surface area contributed by atoms with Crippen molar-refractivity contribution in [3.63, 3.8) is 0 Å². The molecule has 3 N–H and O–H groups in total. The number of carbonyl (C=O) groups is 4. The summed E-state index contributed by atoms with van der Waals surface area (Å²) in [5.41, 5.74) is 7.24. The third kappa shape index (κ3) is 3.77. The van der Waals surface area contributed by atoms with Crippen molar-refractivity contribution in [2.45, 2.75) is 24.3 Å². The molecule has 0 spiro atoms. The number of aliphatic carboxylic acids is 1. The van der Waals surface area contributed by atoms with Gasteiger partial charge in [-0.05, 0) is 17.7 Å². The van der Waals surface area contributed by atoms with Crippen molar-refractivity contribution in [2.75, 3.05) is 7.11 Å². The van der Waals surface area contributed by atoms with E-state index in [9.17, 15) is 24.3 Å². The van der Waals surface area contributed by atoms with Gasteiger partial charge in [0.2, 0.25) is 11.7 Å². The van der Waals surface area contributed by atoms with Gasteiger partial charge < -0.3 is 24.9 Å². The molecular formula is C22H20N2O7S. The average molecular weight is 456 g/mol. The largest absolute Gasteiger partial charge is 0.479 e. The number of carboxylic acid groups (broad SMARTS) is 1. The molecule has 0 radical (unpaired) electrons. The fourth-order valence-corrected chi connectivity index (χ4v) is 5.26. The molecule has 2 aliphatic rings. The number of carboxylic acids is 1. The van der Waals surface area contributed by atoms with Crippen LogP contribution >= 0.6 is 11.8 Å². The summed E-state index contributed by atoms with van der Waals surface area (Å²) < 4.78 is 10.0. The smallest absolute Gasteiger partial charge is 0.373 e. The van der Waals surface area contributed by atoms with Gasteiger partial charge in [0.25, 0.3) is 0 Å². The van der Waals surface area contributed by atoms with Gasteiger partial charge >= 0.3 is 11.9 Å². The summed E-state index contributed by atoms with van der Waals surface area (Å²) in [6, 6.07) is 10.7. The molecule has 0 saturated carbocycles. The first-order valence-corrected chi connectivity index (χ1v) is 10.6. The van der Waals surface area contributed by atoms with Crippen LogP contribution in [0.5, 0.6) is 0 Å². The fraction of sp³-hybridized carbons (Fsp3) is 0.273. The predicted molar refractivity (Wildman–Crippen MR) is 113 cm³/mol. The van der Waals surface area contributed by atoms with Crippen LogP contribution in [0, 0.1) is 5.92 Å². The Labute approximate surface area is 187 Å². The number of benzene rings is 1. The first-order chi connectivity index (χ1) is 15.3. The third-order valence-electron chi connectivity index (χ3n) is 5.47. The van der Waals surface area contributed by atoms with Gasteiger partial charge in [-0.3, -0.25) is 9.59 Å². The van der Waals surface area contributed by atoms with E-state index in [-0.39, 0.29) is 35.0 Å². The maximum Gasteiger partial charge on any atom is 0.373 e. The van der Waals surface area contributed by atoms with E-state index in [4.69, 9.17) is 10.2 Å². The van der Waals surface area contributed by atoms with E-state index in [1.165, 1.54) is 24.1 Å². The summed E-state index contributed by atoms with van der Waals surface area (Å²) >= 11 is 1.10. The van der Waals surface area contributed by atoms with Crippen LogP contribution < -0.4 is 5.73 Å². The number of esters is 1. The van der Waals surface area contributed by atoms with Crippen molar-refractivity contribution < 1.29 is 33.4 Å². The van der Waals surface area contributed by atoms with Crippen LogP contribution in [0.2, 0.25) is 0 Å². The zero-order chi connectivity index (χ0) is 23.0. The Morgan fingerprint density at radius 1 is 1.19 bits per heavy atom. The molecule has 0 bridgehead atoms. The van der Waals surface area contributed by atoms with Crippen molar-refractivity contribution in [1.29, 1.82) is 0 Å². The van der Waals surface area contributed by atoms with Gasteiger partial charge in [0, 0.05) is 18.4 Å². The molecule has 2 aliphatic heterocycles. The highest BCUT2D eigenvalue weighted by Gasteiger charge is 2.59. The molecule has 3 atom stereocenters. The van der Waals surface area contributed by atoms with Crippen LogP contribution in [0.3, 0.4) is 0 Å². The summed E-state index contributed by atoms with van der Waals surface area (Å²) in [6.07, 6.45) is 0.0744. The van der Waals surface area contributed by atoms with Gasteiger partial charge in [0.05, 0.1) is 12.1 Å². The topological polar surface area (TPSA) is 140 Å². The third-order valence-corrected chi connectivity index (χ3v) is 6.72. The molecule has 1 aromatic carbocycles. The standard InChI is InChI=1S/C22H20N2O7S/c1-30-22(29)15-8-7-12(31-15)10-13-17(21(27)28)24-19(26)16(20(24)32-18(13)23)14(25)9-11-5-3-2-4-6-11/h2-8,16-17,20H,9-10,23H2,1H3,(H,27,28)/t16-,17?,20-/m1/s1. The van der Waals surface area contributed by atoms with Crippen LogP contribution in [-0.2, 0) is 32.0 Å². The molecule has 1 unspecified atom stereocenters. The van der Waals surface area contributed by atoms with Gasteiger partial charge in [0.1, 0.15) is 17.1 Å². The number of carbonyl (C=O) groups excluding carboxylic acids is 3. The van der Waals surface area contributed by atoms with E-state index in [2.05, 4.69) is 4.74 Å². The maximum atomic E-state index is 12.9. The number of furan rings is 1. The lowest BCUT2D eigenvalue weighted by Gasteiger charge is -2.51. The number of hydrogen-bond donors (Lipinski definition) is 2. The number of ketones is 1. The van der Waals surface area contributed by atoms with Crippen molar-refractivity contribution in [3.05, 3.63) is 70.2 Å². The average Bonchev–Trinajstić information content (AvgIpc) is 3.23. The number of methoxy groups -OCH3 is 1. The second kappa shape index (κ2) is 8.54. The maximum absolute atomic E-state index is 12.9. The molecule has 0 aliphatic carbocycles. The van der Waals surface area contributed by atoms with E-state index in [1.54, 1.807) is 24.3 Å². The van der Waals surface area contributed by atoms with Gasteiger partial charge in [0.15, 0.2) is 11.8 Å². The van der Waals surface area contributed by atoms with Gasteiger partial charge in [-0.2, -0.15) is 0 Å². The molecule has 2 aromatic rings. The van der Waals surface area contributed by atoms with Crippen LogP contribution in [0.25, 0.3) is 0 Å². The lowest BCUT2D eigenvalue weighted by Crippen LogP contribution is -2.69. The number of ether oxygens (including phenoxy) is 1. The normalized spacial score (nSPS) is 22.2. The van der Waals surface area contributed by atoms with E-state index in [1.807, 2.05) is 6.07 Å². The number of rotatable bonds is 7. The Morgan fingerprint density at radius 3 is 2.56 bits per heavy atom. The van der Waals surface area contributed by atoms with Crippen LogP contribution in [0.15, 0.2) is 57.5 Å². The molecule has 1 aromatic heterocycles. The molecule has 32 heavy (non-hydrogen) atoms. The Hall–Kier alpha value is -3.53. The molecule has 4 rings (SSSR count). The minimum Gasteiger partial charge on any atom is -0.479 e. The number of fused-ring (bicyclic) bond motifs is 1. The monoisotopic (exact) mass is 456 g/mol. The van der Waals surface area contributed by atoms with Crippen molar-refractivity contribution in [1.82, 2.24) is 4.90 Å². The number of nitrogens with two attached hydrogens (primary N) is 1. The number of Topliss-reactive ketones (excluding diaryl/α,β-unsaturated/α-hetero) is 1. The van der Waals surface area contributed by atoms with E-state index < -0.39 is 35.2 Å². The first kappa shape index (κ1) is 21.7. The van der Waals surface area contributed by atoms with Gasteiger partial charge in [-0.1, -0.05) is 42.1 Å². The molecule has 1 amide bonds. The second-order valence-electron chi connectivity index (χ2n) is 7.42. The quantitative estimate of drug-likeness (QED) is 0.361. The molecule has 9 nitrogen and oxygen atoms in total. The van der Waals surface area contributed by atoms with E-state index in [0.29, 0.717) is 5.76 Å². The molecule has 1 saturated heterocycles. The Kier molecular flexibility index (Phi) is 5.79. The van der Waals surface area contributed by atoms with Crippen molar-refractivity contribution >= 4 is 35.4 Å². The SMILES string of the molecule is COC(=O)c1ccc(CC2=C(N)S[C@@H]3[C@H](C(=O)Cc4ccccc4)C(=O)N3C2C(=O)O)o1. The second-order valence-corrected chi connectivity index (χ2v) is 8.58. The van der Waals surface area contributed by atoms with E-state index >= 15 is 0 Å². The number of β-lactam (4-membered cyclic amide) rings is 1. The van der Waals surface area contributed by atoms with Gasteiger partial charge in [-0.25, -0.2) is 9.59 Å². The lowest BCUT2D eigenvalue weighted by molar-refractivity contribution is -0.165. The van der Waals surface area contributed by atoms with Crippen molar-refractivity contribution in [2.24, 2.45) is 11.7 Å². The minimum absolute atomic E-state index is 0.00801. The number of nitrogens with zero attached hydrogens (tertiary/aromatic N) is 1. The van der Waals surface area contributed by atoms with Crippen LogP contribution in [-0.4, -0.2) is 52.2 Å². The van der Waals surface area contributed by atoms with Gasteiger partial charge in [-0.15, -0.1) is 0 Å². The molecule has 3 heterocycles. The zero-order valence-corrected chi connectivity index (χ0v) is 17.8. The number of hydrogen-bond acceptors (Lipinski definition) is 8. The van der Waals surface area contributed by atoms with Crippen LogP contribution in [0.4, 0.5) is 0 Å². The van der Waals surface area contributed by atoms with Crippen LogP contribution in [0.1, 0.15) is 21.9 Å². The minimum atomic E-state index is -1.32. The molecule has 1 fully saturated rings. The highest BCUT2D eigenvalue weighted by Crippen LogP contribution is 2.47. The summed E-state index contributed by atoms with van der Waals surface area (Å²) in [5, 5.41) is 9.40. The Morgan fingerprint density at radius 2 is 1.91 bits per heavy atom. The summed E-state index contributed by atoms with van der Waals surface area (Å²) in [7, 11) is 1.22. The number of thioether (sulfide) groups is 1. The fourth-order valence-electron chi connectivity index (χ4n) is 3.92. The lowest BCUT2D eigenvalue weighted by atomic mass is 9.86. The highest BCUT2D eigenvalue weighted by atomic mass is 32.2. The highest BCUT2D eigenvalue weighted by molar-refractivity contribution is 8.03. The Balaban J connectivity index is 1.56. The molecule has 10 heteroatoms. The van der Waals surface area contributed by atoms with Crippen molar-refractivity contribution in [3.8, 4) is 0 Å². The molecular weight excluding hydrogens is 436 g/mol. The van der Waals surface area contributed by atoms with E-state index in [0.717, 1.165) is 17.3 Å². The first-order valence-electron chi connectivity index (χ1n) is 9.75. The summed E-state index contributed by atoms with van der Waals surface area (Å²) in [5.74, 6) is -3.39. The number of amides is 1. The zero-order valence-electron chi connectivity index (χ0n) is 17.0. The molecule has 166 valence electrons. The summed E-state index contributed by atoms with van der Waals surface area (Å²) in [4.78, 5) is 50.5. The predicted octanol–water partition coefficient (Wildman–Crippen LogP) is 1.58. The summed E-state index contributed by atoms with van der Waals surface area (Å²) in [6.45, 7) is 0.